The van der Waals surface area contributed by atoms with Gasteiger partial charge >= 0.3 is 5.97 Å². The van der Waals surface area contributed by atoms with Crippen LogP contribution in [0.1, 0.15) is 62.7 Å². The van der Waals surface area contributed by atoms with Crippen molar-refractivity contribution in [3.63, 3.8) is 0 Å². The quantitative estimate of drug-likeness (QED) is 0.525. The van der Waals surface area contributed by atoms with Gasteiger partial charge in [-0.1, -0.05) is 85.0 Å². The summed E-state index contributed by atoms with van der Waals surface area (Å²) in [5.41, 5.74) is 9.26. The summed E-state index contributed by atoms with van der Waals surface area (Å²) < 4.78 is 0. The maximum atomic E-state index is 12.7. The van der Waals surface area contributed by atoms with Gasteiger partial charge in [-0.25, -0.2) is 0 Å². The molecule has 0 spiro atoms. The van der Waals surface area contributed by atoms with Crippen LogP contribution in [0.3, 0.4) is 0 Å². The van der Waals surface area contributed by atoms with Gasteiger partial charge in [-0.05, 0) is 50.7 Å². The van der Waals surface area contributed by atoms with Gasteiger partial charge in [-0.15, -0.1) is 0 Å². The van der Waals surface area contributed by atoms with E-state index in [1.54, 1.807) is 4.90 Å². The molecule has 2 aliphatic heterocycles. The largest absolute Gasteiger partial charge is 0.481 e. The number of fused-ring (bicyclic) bond motifs is 2. The number of hydrogen-bond acceptors (Lipinski definition) is 4. The van der Waals surface area contributed by atoms with Crippen LogP contribution in [0.2, 0.25) is 0 Å². The highest BCUT2D eigenvalue weighted by Crippen LogP contribution is 2.53. The number of likely N-dealkylation sites (tertiary alicyclic amines) is 2. The minimum atomic E-state index is -0.975. The maximum Gasteiger partial charge on any atom is 0.312 e. The average molecular weight is 542 g/mol. The van der Waals surface area contributed by atoms with E-state index in [-0.39, 0.29) is 36.4 Å². The van der Waals surface area contributed by atoms with Crippen LogP contribution >= 0.6 is 0 Å². The Labute approximate surface area is 236 Å². The number of benzene rings is 2. The highest BCUT2D eigenvalue weighted by atomic mass is 16.4. The molecule has 40 heavy (non-hydrogen) atoms. The summed E-state index contributed by atoms with van der Waals surface area (Å²) in [6.07, 6.45) is 2.45. The van der Waals surface area contributed by atoms with Crippen molar-refractivity contribution in [2.24, 2.45) is 23.0 Å². The molecule has 2 heterocycles. The summed E-state index contributed by atoms with van der Waals surface area (Å²) in [6.45, 7) is 12.8. The number of amides is 2. The molecule has 3 N–H and O–H groups in total. The Hall–Kier alpha value is -3.71. The van der Waals surface area contributed by atoms with E-state index in [1.807, 2.05) is 60.4 Å². The van der Waals surface area contributed by atoms with E-state index in [0.717, 1.165) is 29.6 Å². The molecule has 210 valence electrons. The summed E-state index contributed by atoms with van der Waals surface area (Å²) >= 11 is 0. The Morgan fingerprint density at radius 2 is 1.27 bits per heavy atom. The van der Waals surface area contributed by atoms with Gasteiger partial charge in [0, 0.05) is 18.6 Å². The molecule has 2 aromatic carbocycles. The number of aliphatic carboxylic acids is 1. The molecule has 2 aliphatic carbocycles. The third-order valence-electron chi connectivity index (χ3n) is 9.50. The molecule has 6 atom stereocenters. The van der Waals surface area contributed by atoms with Crippen LogP contribution in [-0.4, -0.2) is 51.3 Å². The highest BCUT2D eigenvalue weighted by molar-refractivity contribution is 5.93. The van der Waals surface area contributed by atoms with Gasteiger partial charge < -0.3 is 20.6 Å². The Morgan fingerprint density at radius 3 is 1.75 bits per heavy atom. The third-order valence-corrected chi connectivity index (χ3v) is 9.50. The monoisotopic (exact) mass is 541 g/mol. The fourth-order valence-corrected chi connectivity index (χ4v) is 7.22. The van der Waals surface area contributed by atoms with Crippen LogP contribution in [0, 0.1) is 17.3 Å². The molecule has 0 unspecified atom stereocenters. The summed E-state index contributed by atoms with van der Waals surface area (Å²) in [7, 11) is 0. The summed E-state index contributed by atoms with van der Waals surface area (Å²) in [4.78, 5) is 40.7. The molecule has 6 rings (SSSR count). The van der Waals surface area contributed by atoms with Crippen LogP contribution < -0.4 is 5.73 Å². The molecule has 2 aromatic rings. The van der Waals surface area contributed by atoms with Gasteiger partial charge in [-0.3, -0.25) is 14.4 Å². The van der Waals surface area contributed by atoms with Crippen LogP contribution in [0.4, 0.5) is 0 Å². The summed E-state index contributed by atoms with van der Waals surface area (Å²) in [5, 5.41) is 9.66. The zero-order valence-corrected chi connectivity index (χ0v) is 23.4. The van der Waals surface area contributed by atoms with E-state index in [4.69, 9.17) is 5.73 Å². The topological polar surface area (TPSA) is 104 Å². The Balaban J connectivity index is 0.000000162. The number of rotatable bonds is 5. The Morgan fingerprint density at radius 1 is 0.825 bits per heavy atom. The molecule has 2 saturated carbocycles. The average Bonchev–Trinajstić information content (AvgIpc) is 3.60. The number of carboxylic acid groups (broad SMARTS) is 1. The zero-order valence-electron chi connectivity index (χ0n) is 23.4. The molecule has 7 heteroatoms. The molecule has 2 amide bonds. The molecule has 0 bridgehead atoms. The first-order valence-corrected chi connectivity index (χ1v) is 14.0. The van der Waals surface area contributed by atoms with Crippen LogP contribution in [0.5, 0.6) is 0 Å². The smallest absolute Gasteiger partial charge is 0.312 e. The molecule has 7 nitrogen and oxygen atoms in total. The van der Waals surface area contributed by atoms with Crippen LogP contribution in [-0.2, 0) is 14.4 Å². The first-order valence-electron chi connectivity index (χ1n) is 14.0. The lowest BCUT2D eigenvalue weighted by Gasteiger charge is -2.27. The van der Waals surface area contributed by atoms with Gasteiger partial charge in [0.1, 0.15) is 5.41 Å². The second-order valence-corrected chi connectivity index (χ2v) is 12.2. The number of carboxylic acids is 1. The Bertz CT molecular complexity index is 1340. The van der Waals surface area contributed by atoms with E-state index >= 15 is 0 Å². The lowest BCUT2D eigenvalue weighted by atomic mass is 9.80. The Kier molecular flexibility index (Phi) is 7.21. The number of nitrogens with two attached hydrogens (primary N) is 1. The minimum Gasteiger partial charge on any atom is -0.481 e. The van der Waals surface area contributed by atoms with Gasteiger partial charge in [0.2, 0.25) is 11.8 Å². The van der Waals surface area contributed by atoms with Crippen molar-refractivity contribution >= 4 is 17.8 Å². The SMILES string of the molecule is C=C1C[C@@H]2C(=O)N([C@H](C)c3ccccc3)C[C@]2(C(=O)O)C1.C=C1C[C@@H]2C(=O)N([C@H](C)c3ccccc3)C[C@]2(N)C1. The predicted octanol–water partition coefficient (Wildman–Crippen LogP) is 4.88. The number of allylic oxidation sites excluding steroid dienone is 1. The molecule has 0 radical (unpaired) electrons. The van der Waals surface area contributed by atoms with Crippen molar-refractivity contribution in [1.29, 1.82) is 0 Å². The molecule has 0 aromatic heterocycles. The van der Waals surface area contributed by atoms with E-state index in [1.165, 1.54) is 5.56 Å². The predicted molar refractivity (Wildman–Crippen MR) is 154 cm³/mol. The molecule has 4 aliphatic rings. The van der Waals surface area contributed by atoms with E-state index in [9.17, 15) is 19.5 Å². The van der Waals surface area contributed by atoms with Crippen molar-refractivity contribution < 1.29 is 19.5 Å². The molecular weight excluding hydrogens is 502 g/mol. The summed E-state index contributed by atoms with van der Waals surface area (Å²) in [5.74, 6) is -1.24. The fraction of sp³-hybridized carbons (Fsp3) is 0.424. The molecule has 2 saturated heterocycles. The lowest BCUT2D eigenvalue weighted by molar-refractivity contribution is -0.150. The van der Waals surface area contributed by atoms with Crippen LogP contribution in [0.25, 0.3) is 0 Å². The molecule has 4 fully saturated rings. The van der Waals surface area contributed by atoms with Crippen molar-refractivity contribution in [2.45, 2.75) is 57.2 Å². The molecular formula is C33H39N3O4. The number of nitrogens with zero attached hydrogens (tertiary/aromatic N) is 2. The lowest BCUT2D eigenvalue weighted by Crippen LogP contribution is -2.44. The summed E-state index contributed by atoms with van der Waals surface area (Å²) in [6, 6.07) is 19.9. The first kappa shape index (κ1) is 27.8. The number of carbonyl (C=O) groups excluding carboxylic acids is 2. The number of hydrogen-bond donors (Lipinski definition) is 2. The van der Waals surface area contributed by atoms with Gasteiger partial charge in [0.15, 0.2) is 0 Å². The maximum absolute atomic E-state index is 12.7. The zero-order chi connectivity index (χ0) is 28.8. The standard InChI is InChI=1S/C17H19NO3.C16H20N2O/c1-11-8-14-15(19)18(10-17(14,9-11)16(20)21)12(2)13-6-4-3-5-7-13;1-11-8-14-15(19)18(10-16(14,17)9-11)12(2)13-6-4-3-5-7-13/h3-7,12,14H,1,8-10H2,2H3,(H,20,21);3-7,12,14H,1,8-10,17H2,2H3/t12-,14-,17-;12-,14-,16-/m11/s1. The van der Waals surface area contributed by atoms with Crippen molar-refractivity contribution in [1.82, 2.24) is 9.80 Å². The second-order valence-electron chi connectivity index (χ2n) is 12.2. The van der Waals surface area contributed by atoms with Gasteiger partial charge in [-0.2, -0.15) is 0 Å². The van der Waals surface area contributed by atoms with Gasteiger partial charge in [0.25, 0.3) is 0 Å². The first-order chi connectivity index (χ1) is 19.0. The van der Waals surface area contributed by atoms with Crippen molar-refractivity contribution in [3.05, 3.63) is 96.1 Å². The fourth-order valence-electron chi connectivity index (χ4n) is 7.22. The number of carbonyl (C=O) groups is 3. The van der Waals surface area contributed by atoms with E-state index in [0.29, 0.717) is 19.4 Å². The van der Waals surface area contributed by atoms with Crippen molar-refractivity contribution in [2.75, 3.05) is 13.1 Å². The van der Waals surface area contributed by atoms with Crippen LogP contribution in [0.15, 0.2) is 85.0 Å². The third kappa shape index (κ3) is 4.66. The minimum absolute atomic E-state index is 0.0487. The normalized spacial score (nSPS) is 30.6. The van der Waals surface area contributed by atoms with Crippen molar-refractivity contribution in [3.8, 4) is 0 Å². The highest BCUT2D eigenvalue weighted by Gasteiger charge is 2.61. The van der Waals surface area contributed by atoms with E-state index < -0.39 is 22.8 Å². The second kappa shape index (κ2) is 10.4. The van der Waals surface area contributed by atoms with Gasteiger partial charge in [0.05, 0.1) is 23.9 Å². The van der Waals surface area contributed by atoms with E-state index in [2.05, 4.69) is 32.2 Å².